The van der Waals surface area contributed by atoms with Crippen molar-refractivity contribution in [3.63, 3.8) is 0 Å². The second-order valence-corrected chi connectivity index (χ2v) is 6.61. The minimum absolute atomic E-state index is 0.337. The Morgan fingerprint density at radius 2 is 1.88 bits per heavy atom. The van der Waals surface area contributed by atoms with Crippen molar-refractivity contribution in [1.82, 2.24) is 10.2 Å². The summed E-state index contributed by atoms with van der Waals surface area (Å²) >= 11 is 7.44. The molecule has 0 radical (unpaired) electrons. The fourth-order valence-corrected chi connectivity index (χ4v) is 3.01. The molecule has 1 aliphatic heterocycles. The van der Waals surface area contributed by atoms with E-state index >= 15 is 0 Å². The van der Waals surface area contributed by atoms with Gasteiger partial charge in [-0.2, -0.15) is 11.8 Å². The van der Waals surface area contributed by atoms with Gasteiger partial charge in [0.05, 0.1) is 0 Å². The molecule has 0 aromatic heterocycles. The zero-order valence-electron chi connectivity index (χ0n) is 9.70. The number of rotatable bonds is 1. The Bertz CT molecular complexity index is 276. The summed E-state index contributed by atoms with van der Waals surface area (Å²) in [5.41, 5.74) is 0. The molecule has 1 fully saturated rings. The molecule has 1 saturated heterocycles. The highest BCUT2D eigenvalue weighted by atomic mass is 35.5. The minimum Gasteiger partial charge on any atom is -0.322 e. The smallest absolute Gasteiger partial charge is 0.322 e. The quantitative estimate of drug-likeness (QED) is 0.733. The first-order chi connectivity index (χ1) is 7.40. The number of halogens is 1. The molecule has 3 unspecified atom stereocenters. The Labute approximate surface area is 105 Å². The topological polar surface area (TPSA) is 49.4 Å². The van der Waals surface area contributed by atoms with Crippen LogP contribution in [0.4, 0.5) is 4.79 Å². The van der Waals surface area contributed by atoms with Crippen LogP contribution in [0.25, 0.3) is 0 Å². The van der Waals surface area contributed by atoms with E-state index < -0.39 is 11.3 Å². The van der Waals surface area contributed by atoms with Crippen LogP contribution in [0.1, 0.15) is 20.8 Å². The standard InChI is InChI=1S/C10H17ClN2O2S/c1-6-4-13(5-7(2)16-6)10(15)12-9(14)8(3)11/h6-8H,4-5H2,1-3H3,(H,12,14,15). The van der Waals surface area contributed by atoms with Crippen LogP contribution in [0.3, 0.4) is 0 Å². The summed E-state index contributed by atoms with van der Waals surface area (Å²) in [6, 6.07) is -0.337. The molecule has 0 aromatic carbocycles. The number of amides is 3. The van der Waals surface area contributed by atoms with E-state index in [-0.39, 0.29) is 6.03 Å². The number of hydrogen-bond acceptors (Lipinski definition) is 3. The number of urea groups is 1. The molecule has 0 bridgehead atoms. The fraction of sp³-hybridized carbons (Fsp3) is 0.800. The molecule has 1 heterocycles. The lowest BCUT2D eigenvalue weighted by molar-refractivity contribution is -0.119. The number of hydrogen-bond donors (Lipinski definition) is 1. The first-order valence-electron chi connectivity index (χ1n) is 5.29. The van der Waals surface area contributed by atoms with Gasteiger partial charge in [0.2, 0.25) is 5.91 Å². The molecule has 1 rings (SSSR count). The molecule has 3 amide bonds. The summed E-state index contributed by atoms with van der Waals surface area (Å²) in [6.07, 6.45) is 0. The number of alkyl halides is 1. The second kappa shape index (κ2) is 5.77. The zero-order chi connectivity index (χ0) is 12.3. The Kier molecular flexibility index (Phi) is 4.92. The van der Waals surface area contributed by atoms with Crippen molar-refractivity contribution < 1.29 is 9.59 Å². The zero-order valence-corrected chi connectivity index (χ0v) is 11.3. The maximum absolute atomic E-state index is 11.7. The highest BCUT2D eigenvalue weighted by Gasteiger charge is 2.27. The van der Waals surface area contributed by atoms with Crippen molar-refractivity contribution in [2.24, 2.45) is 0 Å². The second-order valence-electron chi connectivity index (χ2n) is 4.07. The summed E-state index contributed by atoms with van der Waals surface area (Å²) in [6.45, 7) is 7.04. The third kappa shape index (κ3) is 3.87. The summed E-state index contributed by atoms with van der Waals surface area (Å²) < 4.78 is 0. The Balaban J connectivity index is 2.50. The molecular weight excluding hydrogens is 248 g/mol. The summed E-state index contributed by atoms with van der Waals surface area (Å²) in [5.74, 6) is -0.440. The summed E-state index contributed by atoms with van der Waals surface area (Å²) in [5, 5.41) is 2.42. The van der Waals surface area contributed by atoms with E-state index in [0.29, 0.717) is 23.6 Å². The number of nitrogens with zero attached hydrogens (tertiary/aromatic N) is 1. The van der Waals surface area contributed by atoms with Crippen molar-refractivity contribution in [3.05, 3.63) is 0 Å². The Hall–Kier alpha value is -0.420. The SMILES string of the molecule is CC1CN(C(=O)NC(=O)C(C)Cl)CC(C)S1. The van der Waals surface area contributed by atoms with Crippen LogP contribution in [0.2, 0.25) is 0 Å². The molecule has 0 aromatic rings. The average molecular weight is 265 g/mol. The van der Waals surface area contributed by atoms with Gasteiger partial charge >= 0.3 is 6.03 Å². The molecule has 1 N–H and O–H groups in total. The lowest BCUT2D eigenvalue weighted by atomic mass is 10.3. The average Bonchev–Trinajstić information content (AvgIpc) is 2.15. The molecule has 0 aliphatic carbocycles. The van der Waals surface area contributed by atoms with Crippen LogP contribution < -0.4 is 5.32 Å². The number of nitrogens with one attached hydrogen (secondary N) is 1. The molecule has 92 valence electrons. The molecular formula is C10H17ClN2O2S. The van der Waals surface area contributed by atoms with Crippen LogP contribution in [-0.4, -0.2) is 45.8 Å². The molecule has 0 saturated carbocycles. The third-order valence-corrected chi connectivity index (χ3v) is 3.72. The van der Waals surface area contributed by atoms with Crippen LogP contribution in [-0.2, 0) is 4.79 Å². The fourth-order valence-electron chi connectivity index (χ4n) is 1.63. The number of thioether (sulfide) groups is 1. The van der Waals surface area contributed by atoms with Gasteiger partial charge in [-0.15, -0.1) is 11.6 Å². The first kappa shape index (κ1) is 13.6. The molecule has 16 heavy (non-hydrogen) atoms. The van der Waals surface area contributed by atoms with Crippen LogP contribution in [0.5, 0.6) is 0 Å². The van der Waals surface area contributed by atoms with Crippen molar-refractivity contribution in [3.8, 4) is 0 Å². The first-order valence-corrected chi connectivity index (χ1v) is 6.67. The van der Waals surface area contributed by atoms with Gasteiger partial charge in [0.1, 0.15) is 5.38 Å². The molecule has 0 spiro atoms. The minimum atomic E-state index is -0.682. The summed E-state index contributed by atoms with van der Waals surface area (Å²) in [7, 11) is 0. The third-order valence-electron chi connectivity index (χ3n) is 2.30. The van der Waals surface area contributed by atoms with E-state index in [9.17, 15) is 9.59 Å². The monoisotopic (exact) mass is 264 g/mol. The van der Waals surface area contributed by atoms with Gasteiger partial charge < -0.3 is 4.90 Å². The van der Waals surface area contributed by atoms with Crippen molar-refractivity contribution >= 4 is 35.3 Å². The van der Waals surface area contributed by atoms with Gasteiger partial charge in [0.15, 0.2) is 0 Å². The van der Waals surface area contributed by atoms with E-state index in [0.717, 1.165) is 0 Å². The molecule has 4 nitrogen and oxygen atoms in total. The lowest BCUT2D eigenvalue weighted by Crippen LogP contribution is -2.51. The normalized spacial score (nSPS) is 27.4. The van der Waals surface area contributed by atoms with Crippen LogP contribution in [0, 0.1) is 0 Å². The van der Waals surface area contributed by atoms with Gasteiger partial charge in [-0.05, 0) is 6.92 Å². The van der Waals surface area contributed by atoms with E-state index in [2.05, 4.69) is 19.2 Å². The maximum Gasteiger partial charge on any atom is 0.324 e. The lowest BCUT2D eigenvalue weighted by Gasteiger charge is -2.34. The predicted molar refractivity (Wildman–Crippen MR) is 66.9 cm³/mol. The largest absolute Gasteiger partial charge is 0.324 e. The van der Waals surface area contributed by atoms with Crippen LogP contribution >= 0.6 is 23.4 Å². The Morgan fingerprint density at radius 3 is 2.31 bits per heavy atom. The molecule has 6 heteroatoms. The highest BCUT2D eigenvalue weighted by Crippen LogP contribution is 2.24. The van der Waals surface area contributed by atoms with Crippen molar-refractivity contribution in [2.45, 2.75) is 36.6 Å². The van der Waals surface area contributed by atoms with Crippen molar-refractivity contribution in [2.75, 3.05) is 13.1 Å². The maximum atomic E-state index is 11.7. The number of imide groups is 1. The van der Waals surface area contributed by atoms with E-state index in [1.807, 2.05) is 11.8 Å². The molecule has 1 aliphatic rings. The van der Waals surface area contributed by atoms with Gasteiger partial charge in [-0.25, -0.2) is 4.79 Å². The summed E-state index contributed by atoms with van der Waals surface area (Å²) in [4.78, 5) is 24.7. The number of carbonyl (C=O) groups excluding carboxylic acids is 2. The van der Waals surface area contributed by atoms with Crippen LogP contribution in [0.15, 0.2) is 0 Å². The van der Waals surface area contributed by atoms with Gasteiger partial charge in [0, 0.05) is 23.6 Å². The Morgan fingerprint density at radius 1 is 1.38 bits per heavy atom. The van der Waals surface area contributed by atoms with E-state index in [4.69, 9.17) is 11.6 Å². The van der Waals surface area contributed by atoms with Crippen molar-refractivity contribution in [1.29, 1.82) is 0 Å². The van der Waals surface area contributed by atoms with E-state index in [1.54, 1.807) is 11.8 Å². The van der Waals surface area contributed by atoms with E-state index in [1.165, 1.54) is 0 Å². The predicted octanol–water partition coefficient (Wildman–Crippen LogP) is 1.68. The highest BCUT2D eigenvalue weighted by molar-refractivity contribution is 8.00. The van der Waals surface area contributed by atoms with Gasteiger partial charge in [-0.3, -0.25) is 10.1 Å². The number of carbonyl (C=O) groups is 2. The molecule has 3 atom stereocenters. The van der Waals surface area contributed by atoms with Gasteiger partial charge in [0.25, 0.3) is 0 Å². The van der Waals surface area contributed by atoms with Gasteiger partial charge in [-0.1, -0.05) is 13.8 Å².